The molecule has 1 aromatic heterocycles. The Kier molecular flexibility index (Phi) is 3.45. The standard InChI is InChI=1S/C9H9N3O/c1-2-3-4-13-9-5-8(6-10)7-11-12-9/h2-3,5,7H,4H2,1H3/b3-2+. The molecular weight excluding hydrogens is 166 g/mol. The van der Waals surface area contributed by atoms with E-state index in [0.717, 1.165) is 0 Å². The van der Waals surface area contributed by atoms with Gasteiger partial charge in [-0.25, -0.2) is 0 Å². The Balaban J connectivity index is 2.62. The molecule has 13 heavy (non-hydrogen) atoms. The monoisotopic (exact) mass is 175 g/mol. The fourth-order valence-electron chi connectivity index (χ4n) is 0.709. The van der Waals surface area contributed by atoms with E-state index in [1.165, 1.54) is 6.20 Å². The SMILES string of the molecule is C/C=C/COc1cc(C#N)cnn1. The maximum absolute atomic E-state index is 8.55. The smallest absolute Gasteiger partial charge is 0.235 e. The molecule has 0 amide bonds. The highest BCUT2D eigenvalue weighted by Crippen LogP contribution is 2.05. The van der Waals surface area contributed by atoms with Gasteiger partial charge in [0.25, 0.3) is 0 Å². The minimum absolute atomic E-state index is 0.372. The number of ether oxygens (including phenoxy) is 1. The van der Waals surface area contributed by atoms with Gasteiger partial charge in [-0.2, -0.15) is 10.4 Å². The van der Waals surface area contributed by atoms with Gasteiger partial charge in [-0.1, -0.05) is 12.2 Å². The number of hydrogen-bond acceptors (Lipinski definition) is 4. The lowest BCUT2D eigenvalue weighted by molar-refractivity contribution is 0.343. The van der Waals surface area contributed by atoms with Crippen molar-refractivity contribution in [1.29, 1.82) is 5.26 Å². The molecule has 0 aliphatic carbocycles. The molecule has 0 aliphatic heterocycles. The summed E-state index contributed by atoms with van der Waals surface area (Å²) in [4.78, 5) is 0. The van der Waals surface area contributed by atoms with Crippen LogP contribution in [0.25, 0.3) is 0 Å². The van der Waals surface area contributed by atoms with Gasteiger partial charge < -0.3 is 4.74 Å². The summed E-state index contributed by atoms with van der Waals surface area (Å²) in [7, 11) is 0. The van der Waals surface area contributed by atoms with Crippen molar-refractivity contribution < 1.29 is 4.74 Å². The van der Waals surface area contributed by atoms with Crippen LogP contribution >= 0.6 is 0 Å². The number of nitriles is 1. The third-order valence-corrected chi connectivity index (χ3v) is 1.32. The second kappa shape index (κ2) is 4.88. The van der Waals surface area contributed by atoms with Crippen molar-refractivity contribution in [1.82, 2.24) is 10.2 Å². The zero-order valence-electron chi connectivity index (χ0n) is 7.27. The van der Waals surface area contributed by atoms with Gasteiger partial charge >= 0.3 is 0 Å². The molecule has 0 fully saturated rings. The van der Waals surface area contributed by atoms with E-state index >= 15 is 0 Å². The fraction of sp³-hybridized carbons (Fsp3) is 0.222. The van der Waals surface area contributed by atoms with Gasteiger partial charge in [0.1, 0.15) is 12.7 Å². The van der Waals surface area contributed by atoms with E-state index in [4.69, 9.17) is 10.00 Å². The number of rotatable bonds is 3. The van der Waals surface area contributed by atoms with E-state index in [-0.39, 0.29) is 0 Å². The highest BCUT2D eigenvalue weighted by Gasteiger charge is 1.96. The quantitative estimate of drug-likeness (QED) is 0.650. The molecule has 1 aromatic rings. The second-order valence-electron chi connectivity index (χ2n) is 2.27. The second-order valence-corrected chi connectivity index (χ2v) is 2.27. The normalized spacial score (nSPS) is 9.85. The third-order valence-electron chi connectivity index (χ3n) is 1.32. The predicted octanol–water partition coefficient (Wildman–Crippen LogP) is 1.30. The molecule has 4 heteroatoms. The highest BCUT2D eigenvalue weighted by atomic mass is 16.5. The molecule has 0 aromatic carbocycles. The van der Waals surface area contributed by atoms with Crippen molar-refractivity contribution in [2.45, 2.75) is 6.92 Å². The summed E-state index contributed by atoms with van der Waals surface area (Å²) in [6, 6.07) is 3.51. The molecule has 0 saturated heterocycles. The van der Waals surface area contributed by atoms with Crippen molar-refractivity contribution >= 4 is 0 Å². The molecule has 1 heterocycles. The number of aromatic nitrogens is 2. The molecule has 0 saturated carbocycles. The summed E-state index contributed by atoms with van der Waals surface area (Å²) in [5, 5.41) is 15.9. The van der Waals surface area contributed by atoms with Crippen LogP contribution in [0.15, 0.2) is 24.4 Å². The molecule has 0 bridgehead atoms. The Hall–Kier alpha value is -1.89. The first-order valence-corrected chi connectivity index (χ1v) is 3.83. The molecule has 0 atom stereocenters. The molecule has 0 unspecified atom stereocenters. The van der Waals surface area contributed by atoms with Gasteiger partial charge in [0.05, 0.1) is 11.8 Å². The van der Waals surface area contributed by atoms with Gasteiger partial charge in [0.2, 0.25) is 5.88 Å². The Morgan fingerprint density at radius 1 is 1.69 bits per heavy atom. The van der Waals surface area contributed by atoms with Gasteiger partial charge in [-0.05, 0) is 6.92 Å². The zero-order chi connectivity index (χ0) is 9.52. The molecule has 0 N–H and O–H groups in total. The van der Waals surface area contributed by atoms with Crippen molar-refractivity contribution in [2.75, 3.05) is 6.61 Å². The molecule has 0 aliphatic rings. The summed E-state index contributed by atoms with van der Waals surface area (Å²) >= 11 is 0. The van der Waals surface area contributed by atoms with Crippen molar-refractivity contribution in [3.63, 3.8) is 0 Å². The number of allylic oxidation sites excluding steroid dienone is 1. The Labute approximate surface area is 76.5 Å². The van der Waals surface area contributed by atoms with Gasteiger partial charge in [0, 0.05) is 6.07 Å². The zero-order valence-corrected chi connectivity index (χ0v) is 7.27. The number of nitrogens with zero attached hydrogens (tertiary/aromatic N) is 3. The van der Waals surface area contributed by atoms with Crippen LogP contribution in [0.1, 0.15) is 12.5 Å². The Bertz CT molecular complexity index is 341. The third kappa shape index (κ3) is 2.91. The molecular formula is C9H9N3O. The summed E-state index contributed by atoms with van der Waals surface area (Å²) < 4.78 is 5.18. The van der Waals surface area contributed by atoms with Crippen molar-refractivity contribution in [3.8, 4) is 11.9 Å². The summed E-state index contributed by atoms with van der Waals surface area (Å²) in [6.45, 7) is 2.35. The van der Waals surface area contributed by atoms with Crippen LogP contribution in [0.3, 0.4) is 0 Å². The lowest BCUT2D eigenvalue weighted by Crippen LogP contribution is -1.97. The minimum atomic E-state index is 0.372. The number of hydrogen-bond donors (Lipinski definition) is 0. The molecule has 66 valence electrons. The van der Waals surface area contributed by atoms with Crippen molar-refractivity contribution in [2.24, 2.45) is 0 Å². The van der Waals surface area contributed by atoms with Gasteiger partial charge in [0.15, 0.2) is 0 Å². The van der Waals surface area contributed by atoms with E-state index in [1.807, 2.05) is 25.1 Å². The maximum atomic E-state index is 8.55. The maximum Gasteiger partial charge on any atom is 0.235 e. The van der Waals surface area contributed by atoms with Gasteiger partial charge in [-0.15, -0.1) is 5.10 Å². The van der Waals surface area contributed by atoms with E-state index in [0.29, 0.717) is 18.1 Å². The first-order valence-electron chi connectivity index (χ1n) is 3.83. The molecule has 0 radical (unpaired) electrons. The molecule has 1 rings (SSSR count). The fourth-order valence-corrected chi connectivity index (χ4v) is 0.709. The largest absolute Gasteiger partial charge is 0.472 e. The van der Waals surface area contributed by atoms with E-state index in [1.54, 1.807) is 6.07 Å². The lowest BCUT2D eigenvalue weighted by Gasteiger charge is -1.99. The minimum Gasteiger partial charge on any atom is -0.472 e. The summed E-state index contributed by atoms with van der Waals surface area (Å²) in [5.41, 5.74) is 0.450. The Morgan fingerprint density at radius 2 is 2.54 bits per heavy atom. The molecule has 4 nitrogen and oxygen atoms in total. The first-order chi connectivity index (χ1) is 6.36. The van der Waals surface area contributed by atoms with Crippen LogP contribution in [0.4, 0.5) is 0 Å². The van der Waals surface area contributed by atoms with E-state index < -0.39 is 0 Å². The van der Waals surface area contributed by atoms with Crippen LogP contribution in [-0.2, 0) is 0 Å². The average molecular weight is 175 g/mol. The summed E-state index contributed by atoms with van der Waals surface area (Å²) in [5.74, 6) is 0.372. The van der Waals surface area contributed by atoms with Crippen LogP contribution in [-0.4, -0.2) is 16.8 Å². The molecule has 0 spiro atoms. The van der Waals surface area contributed by atoms with E-state index in [9.17, 15) is 0 Å². The predicted molar refractivity (Wildman–Crippen MR) is 47.1 cm³/mol. The van der Waals surface area contributed by atoms with E-state index in [2.05, 4.69) is 10.2 Å². The topological polar surface area (TPSA) is 58.8 Å². The van der Waals surface area contributed by atoms with Crippen LogP contribution in [0, 0.1) is 11.3 Å². The van der Waals surface area contributed by atoms with Crippen LogP contribution in [0.2, 0.25) is 0 Å². The van der Waals surface area contributed by atoms with Crippen LogP contribution in [0.5, 0.6) is 5.88 Å². The Morgan fingerprint density at radius 3 is 3.23 bits per heavy atom. The van der Waals surface area contributed by atoms with Crippen molar-refractivity contribution in [3.05, 3.63) is 30.0 Å². The first kappa shape index (κ1) is 9.20. The highest BCUT2D eigenvalue weighted by molar-refractivity contribution is 5.28. The summed E-state index contributed by atoms with van der Waals surface area (Å²) in [6.07, 6.45) is 5.12. The van der Waals surface area contributed by atoms with Crippen LogP contribution < -0.4 is 4.74 Å². The van der Waals surface area contributed by atoms with Gasteiger partial charge in [-0.3, -0.25) is 0 Å². The average Bonchev–Trinajstić information content (AvgIpc) is 2.19. The lowest BCUT2D eigenvalue weighted by atomic mass is 10.3.